The van der Waals surface area contributed by atoms with Gasteiger partial charge < -0.3 is 9.80 Å². The van der Waals surface area contributed by atoms with E-state index in [1.807, 2.05) is 0 Å². The summed E-state index contributed by atoms with van der Waals surface area (Å²) >= 11 is 0. The van der Waals surface area contributed by atoms with Gasteiger partial charge in [0.15, 0.2) is 0 Å². The first-order valence-corrected chi connectivity index (χ1v) is 35.8. The van der Waals surface area contributed by atoms with Gasteiger partial charge in [-0.2, -0.15) is 0 Å². The standard InChI is InChI=1S/C90H104N2/c1-79(2)67-37-29-51(41-71(67)83(9,10)87(79,17)18)91(52-30-38-68-72(42-52)84(11,12)88(19,20)80(68,3)4)77-63-45-59-49-25-33-55-56(34-26-49)75(55)61(59)47-65(63)78(66-48-62-60(46-64(66)77)50-27-35-57-58(36-28-50)76(57)62)92(53-31-39-69-73(43-53)85(13,14)89(21,22)81(69,5)6)54-32-40-70-74(44-54)86(15,16)90(23,24)82(70,7)8/h25-50,55-58,75-76H,1-24H3. The summed E-state index contributed by atoms with van der Waals surface area (Å²) in [5, 5.41) is 5.33. The molecule has 19 rings (SSSR count). The molecular weight excluding hydrogens is 1110 g/mol. The van der Waals surface area contributed by atoms with Crippen LogP contribution in [0.15, 0.2) is 146 Å². The van der Waals surface area contributed by atoms with E-state index in [0.717, 1.165) is 0 Å². The van der Waals surface area contributed by atoms with Crippen molar-refractivity contribution in [3.05, 3.63) is 212 Å². The molecule has 2 heteroatoms. The Morgan fingerprint density at radius 1 is 0.228 bits per heavy atom. The van der Waals surface area contributed by atoms with Gasteiger partial charge in [-0.05, 0) is 240 Å². The highest BCUT2D eigenvalue weighted by Crippen LogP contribution is 2.70. The minimum absolute atomic E-state index is 0.00119. The molecule has 92 heavy (non-hydrogen) atoms. The van der Waals surface area contributed by atoms with Crippen molar-refractivity contribution in [3.8, 4) is 0 Å². The fraction of sp³-hybridized carbons (Fsp3) is 0.489. The summed E-state index contributed by atoms with van der Waals surface area (Å²) in [5.41, 5.74) is 24.8. The maximum Gasteiger partial charge on any atom is 0.0620 e. The molecule has 0 heterocycles. The van der Waals surface area contributed by atoms with E-state index < -0.39 is 0 Å². The first kappa shape index (κ1) is 59.4. The molecule has 0 saturated heterocycles. The molecule has 4 unspecified atom stereocenters. The van der Waals surface area contributed by atoms with E-state index in [1.54, 1.807) is 11.1 Å². The van der Waals surface area contributed by atoms with Gasteiger partial charge in [0.05, 0.1) is 11.4 Å². The lowest BCUT2D eigenvalue weighted by Crippen LogP contribution is -2.42. The van der Waals surface area contributed by atoms with E-state index in [1.165, 1.54) is 111 Å². The van der Waals surface area contributed by atoms with Gasteiger partial charge >= 0.3 is 0 Å². The predicted molar refractivity (Wildman–Crippen MR) is 392 cm³/mol. The second kappa shape index (κ2) is 17.2. The van der Waals surface area contributed by atoms with Gasteiger partial charge in [-0.1, -0.05) is 239 Å². The van der Waals surface area contributed by atoms with E-state index in [4.69, 9.17) is 0 Å². The van der Waals surface area contributed by atoms with E-state index in [2.05, 4.69) is 322 Å². The zero-order chi connectivity index (χ0) is 65.4. The zero-order valence-corrected chi connectivity index (χ0v) is 60.4. The van der Waals surface area contributed by atoms with Crippen LogP contribution < -0.4 is 9.80 Å². The molecule has 2 fully saturated rings. The minimum atomic E-state index is -0.106. The normalized spacial score (nSPS) is 30.2. The van der Waals surface area contributed by atoms with Crippen LogP contribution >= 0.6 is 0 Å². The van der Waals surface area contributed by atoms with Crippen LogP contribution in [0.4, 0.5) is 34.1 Å². The van der Waals surface area contributed by atoms with Crippen LogP contribution in [0.2, 0.25) is 0 Å². The Labute approximate surface area is 553 Å². The van der Waals surface area contributed by atoms with Crippen molar-refractivity contribution >= 4 is 55.7 Å². The lowest BCUT2D eigenvalue weighted by molar-refractivity contribution is 0.125. The maximum absolute atomic E-state index is 2.82. The SMILES string of the molecule is CC1(C)c2ccc(N(c3ccc4c(c3)C(C)(C)C(C)(C)C4(C)C)c3c4cc5c(cc4c(N(c4ccc6c(c4)C(C)(C)C(C)(C)C6(C)C)c4ccc6c(c4)C(C)(C)C(C)(C)C6(C)C)c4cc6c(cc34)C3C=CC4C(C=C3)C64)C3C4C=CC5C=CC43)cc2C(C)(C)C1(C)C. The number of hydrogen-bond acceptors (Lipinski definition) is 2. The Hall–Kier alpha value is -6.38. The third kappa shape index (κ3) is 6.62. The number of rotatable bonds is 6. The van der Waals surface area contributed by atoms with Crippen LogP contribution in [0.1, 0.15) is 257 Å². The van der Waals surface area contributed by atoms with Gasteiger partial charge in [0.2, 0.25) is 0 Å². The Bertz CT molecular complexity index is 4320. The third-order valence-electron chi connectivity index (χ3n) is 32.7. The Kier molecular flexibility index (Phi) is 11.1. The van der Waals surface area contributed by atoms with Crippen molar-refractivity contribution in [3.63, 3.8) is 0 Å². The number of hydrogen-bond donors (Lipinski definition) is 0. The highest BCUT2D eigenvalue weighted by molar-refractivity contribution is 6.24. The van der Waals surface area contributed by atoms with Gasteiger partial charge in [-0.15, -0.1) is 0 Å². The van der Waals surface area contributed by atoms with Crippen LogP contribution in [0.5, 0.6) is 0 Å². The van der Waals surface area contributed by atoms with Gasteiger partial charge in [0.1, 0.15) is 0 Å². The molecule has 7 aromatic rings. The van der Waals surface area contributed by atoms with Crippen LogP contribution in [0, 0.1) is 45.3 Å². The van der Waals surface area contributed by atoms with Crippen molar-refractivity contribution in [1.29, 1.82) is 0 Å². The zero-order valence-electron chi connectivity index (χ0n) is 60.4. The van der Waals surface area contributed by atoms with Crippen molar-refractivity contribution in [2.75, 3.05) is 9.80 Å². The molecule has 0 aliphatic heterocycles. The molecule has 0 amide bonds. The molecule has 0 N–H and O–H groups in total. The number of anilines is 6. The molecule has 12 aliphatic carbocycles. The number of nitrogens with zero attached hydrogens (tertiary/aromatic N) is 2. The molecule has 2 nitrogen and oxygen atoms in total. The van der Waals surface area contributed by atoms with E-state index >= 15 is 0 Å². The van der Waals surface area contributed by atoms with Crippen molar-refractivity contribution in [2.24, 2.45) is 45.3 Å². The number of fused-ring (bicyclic) bond motifs is 6. The Balaban J connectivity index is 1.06. The first-order valence-electron chi connectivity index (χ1n) is 35.8. The predicted octanol–water partition coefficient (Wildman–Crippen LogP) is 24.4. The highest BCUT2D eigenvalue weighted by atomic mass is 15.2. The summed E-state index contributed by atoms with van der Waals surface area (Å²) in [7, 11) is 0. The minimum Gasteiger partial charge on any atom is -0.309 e. The Morgan fingerprint density at radius 2 is 0.435 bits per heavy atom. The average molecular weight is 1210 g/mol. The second-order valence-electron chi connectivity index (χ2n) is 37.8. The number of benzene rings is 7. The smallest absolute Gasteiger partial charge is 0.0620 e. The van der Waals surface area contributed by atoms with E-state index in [-0.39, 0.29) is 76.8 Å². The monoisotopic (exact) mass is 1210 g/mol. The topological polar surface area (TPSA) is 6.48 Å². The van der Waals surface area contributed by atoms with Crippen LogP contribution in [0.25, 0.3) is 21.5 Å². The van der Waals surface area contributed by atoms with Gasteiger partial charge in [-0.3, -0.25) is 0 Å². The molecule has 0 spiro atoms. The van der Waals surface area contributed by atoms with Gasteiger partial charge in [0, 0.05) is 56.1 Å². The van der Waals surface area contributed by atoms with Gasteiger partial charge in [0.25, 0.3) is 0 Å². The fourth-order valence-corrected chi connectivity index (χ4v) is 21.6. The molecule has 0 radical (unpaired) electrons. The van der Waals surface area contributed by atoms with Crippen molar-refractivity contribution < 1.29 is 0 Å². The summed E-state index contributed by atoms with van der Waals surface area (Å²) in [5.74, 6) is 3.37. The third-order valence-corrected chi connectivity index (χ3v) is 32.7. The fourth-order valence-electron chi connectivity index (χ4n) is 21.6. The van der Waals surface area contributed by atoms with Crippen LogP contribution in [-0.4, -0.2) is 0 Å². The van der Waals surface area contributed by atoms with Gasteiger partial charge in [-0.25, -0.2) is 0 Å². The van der Waals surface area contributed by atoms with Crippen LogP contribution in [0.3, 0.4) is 0 Å². The summed E-state index contributed by atoms with van der Waals surface area (Å²) in [4.78, 5) is 5.63. The first-order chi connectivity index (χ1) is 42.7. The van der Waals surface area contributed by atoms with E-state index in [9.17, 15) is 0 Å². The summed E-state index contributed by atoms with van der Waals surface area (Å²) in [6.45, 7) is 60.5. The molecule has 474 valence electrons. The summed E-state index contributed by atoms with van der Waals surface area (Å²) in [6.07, 6.45) is 20.6. The lowest BCUT2D eigenvalue weighted by atomic mass is 9.59. The highest BCUT2D eigenvalue weighted by Gasteiger charge is 2.62. The van der Waals surface area contributed by atoms with E-state index in [0.29, 0.717) is 35.5 Å². The molecule has 0 aromatic heterocycles. The molecule has 12 aliphatic rings. The lowest BCUT2D eigenvalue weighted by Gasteiger charge is -2.44. The molecule has 4 atom stereocenters. The average Bonchev–Trinajstić information content (AvgIpc) is 1.35. The largest absolute Gasteiger partial charge is 0.309 e. The quantitative estimate of drug-likeness (QED) is 0.0930. The second-order valence-corrected chi connectivity index (χ2v) is 37.8. The molecule has 8 bridgehead atoms. The van der Waals surface area contributed by atoms with Crippen LogP contribution in [-0.2, 0) is 43.3 Å². The van der Waals surface area contributed by atoms with Crippen molar-refractivity contribution in [1.82, 2.24) is 0 Å². The molecular formula is C90H104N2. The van der Waals surface area contributed by atoms with Crippen molar-refractivity contribution in [2.45, 2.75) is 233 Å². The Morgan fingerprint density at radius 3 is 0.663 bits per heavy atom. The maximum atomic E-state index is 2.82. The molecule has 2 saturated carbocycles. The summed E-state index contributed by atoms with van der Waals surface area (Å²) in [6, 6.07) is 42.1. The molecule has 7 aromatic carbocycles. The number of allylic oxidation sites excluding steroid dienone is 8. The summed E-state index contributed by atoms with van der Waals surface area (Å²) < 4.78 is 0.